The van der Waals surface area contributed by atoms with Gasteiger partial charge in [-0.2, -0.15) is 0 Å². The first-order valence-corrected chi connectivity index (χ1v) is 23.5. The van der Waals surface area contributed by atoms with Gasteiger partial charge in [0.25, 0.3) is 0 Å². The fraction of sp³-hybridized carbons (Fsp3) is 0.462. The molecule has 6 nitrogen and oxygen atoms in total. The summed E-state index contributed by atoms with van der Waals surface area (Å²) < 4.78 is 16.2. The van der Waals surface area contributed by atoms with Crippen molar-refractivity contribution in [3.05, 3.63) is 108 Å². The summed E-state index contributed by atoms with van der Waals surface area (Å²) in [6.07, 6.45) is 10.3. The molecule has 0 aliphatic rings. The number of hydrogen-bond donors (Lipinski definition) is 0. The Morgan fingerprint density at radius 3 is 0.980 bits per heavy atom. The number of carbonyl (C=O) groups excluding carboxylic acids is 3. The van der Waals surface area contributed by atoms with Crippen LogP contribution in [0.5, 0.6) is 0 Å². The molecule has 0 amide bonds. The van der Waals surface area contributed by atoms with Gasteiger partial charge in [0.1, 0.15) is 19.8 Å². The highest BCUT2D eigenvalue weighted by atomic mass is 33.4. The Hall–Kier alpha value is -2.45. The first-order valence-electron chi connectivity index (χ1n) is 17.4. The molecule has 0 atom stereocenters. The standard InChI is InChI=1S/C39H51O6PS3/c40-37(43-31-34-19-7-1-8-20-34)25-13-4-16-28-47-46(48-29-17-5-14-26-38(41)44-32-35-21-9-2-10-22-35)49-30-18-6-15-27-39(42)45-33-36-23-11-3-12-24-36/h1-3,7-12,19-24H,4-6,13-18,25-33H2. The van der Waals surface area contributed by atoms with E-state index in [-0.39, 0.29) is 23.4 Å². The summed E-state index contributed by atoms with van der Waals surface area (Å²) in [6.45, 7) is 1.01. The SMILES string of the molecule is O=C(CCCCCSP(SCCCCCC(=O)OCc1ccccc1)SCCCCCC(=O)OCc1ccccc1)OCc1ccccc1. The number of rotatable bonds is 27. The van der Waals surface area contributed by atoms with Gasteiger partial charge in [0.15, 0.2) is 0 Å². The van der Waals surface area contributed by atoms with Crippen LogP contribution in [-0.2, 0) is 48.4 Å². The smallest absolute Gasteiger partial charge is 0.306 e. The summed E-state index contributed by atoms with van der Waals surface area (Å²) in [6, 6.07) is 29.4. The molecule has 10 heteroatoms. The lowest BCUT2D eigenvalue weighted by Crippen LogP contribution is -2.04. The van der Waals surface area contributed by atoms with Gasteiger partial charge in [0.2, 0.25) is 0 Å². The largest absolute Gasteiger partial charge is 0.461 e. The van der Waals surface area contributed by atoms with Crippen molar-refractivity contribution in [2.24, 2.45) is 0 Å². The van der Waals surface area contributed by atoms with E-state index in [1.165, 1.54) is 0 Å². The van der Waals surface area contributed by atoms with Crippen molar-refractivity contribution in [3.63, 3.8) is 0 Å². The van der Waals surface area contributed by atoms with Crippen LogP contribution in [0.25, 0.3) is 0 Å². The molecule has 0 heterocycles. The van der Waals surface area contributed by atoms with Crippen molar-refractivity contribution in [2.45, 2.75) is 96.9 Å². The first kappa shape index (κ1) is 41.0. The second-order valence-electron chi connectivity index (χ2n) is 11.6. The number of esters is 3. The molecule has 266 valence electrons. The van der Waals surface area contributed by atoms with Gasteiger partial charge < -0.3 is 14.2 Å². The van der Waals surface area contributed by atoms with Gasteiger partial charge >= 0.3 is 17.9 Å². The molecule has 49 heavy (non-hydrogen) atoms. The Balaban J connectivity index is 1.25. The summed E-state index contributed by atoms with van der Waals surface area (Å²) in [5.41, 5.74) is 2.76. The fourth-order valence-corrected chi connectivity index (χ4v) is 15.5. The Morgan fingerprint density at radius 2 is 0.694 bits per heavy atom. The Labute approximate surface area is 306 Å². The van der Waals surface area contributed by atoms with E-state index >= 15 is 0 Å². The van der Waals surface area contributed by atoms with Crippen LogP contribution in [0.15, 0.2) is 91.0 Å². The van der Waals surface area contributed by atoms with E-state index in [1.807, 2.05) is 91.0 Å². The van der Waals surface area contributed by atoms with E-state index < -0.39 is 0 Å². The summed E-state index contributed by atoms with van der Waals surface area (Å²) in [5, 5.41) is 0. The third-order valence-electron chi connectivity index (χ3n) is 7.39. The van der Waals surface area contributed by atoms with Crippen LogP contribution in [-0.4, -0.2) is 35.2 Å². The first-order chi connectivity index (χ1) is 24.1. The van der Waals surface area contributed by atoms with Gasteiger partial charge in [-0.05, 0) is 72.5 Å². The average molecular weight is 743 g/mol. The lowest BCUT2D eigenvalue weighted by Gasteiger charge is -2.15. The molecule has 0 aromatic heterocycles. The van der Waals surface area contributed by atoms with E-state index in [0.717, 1.165) is 91.7 Å². The van der Waals surface area contributed by atoms with Crippen LogP contribution in [0.2, 0.25) is 0 Å². The molecular weight excluding hydrogens is 692 g/mol. The predicted octanol–water partition coefficient (Wildman–Crippen LogP) is 11.3. The highest BCUT2D eigenvalue weighted by molar-refractivity contribution is 9.12. The minimum absolute atomic E-state index is 0.126. The molecule has 0 bridgehead atoms. The zero-order chi connectivity index (χ0) is 34.6. The average Bonchev–Trinajstić information content (AvgIpc) is 3.14. The third kappa shape index (κ3) is 21.4. The van der Waals surface area contributed by atoms with Gasteiger partial charge in [-0.15, -0.1) is 34.1 Å². The molecule has 0 unspecified atom stereocenters. The lowest BCUT2D eigenvalue weighted by molar-refractivity contribution is -0.146. The number of unbranched alkanes of at least 4 members (excludes halogenated alkanes) is 6. The van der Waals surface area contributed by atoms with Gasteiger partial charge in [0.05, 0.1) is 5.53 Å². The van der Waals surface area contributed by atoms with Crippen molar-refractivity contribution in [3.8, 4) is 0 Å². The van der Waals surface area contributed by atoms with Crippen LogP contribution in [0.4, 0.5) is 0 Å². The summed E-state index contributed by atoms with van der Waals surface area (Å²) in [5.74, 6) is 2.89. The van der Waals surface area contributed by atoms with Crippen LogP contribution in [0, 0.1) is 0 Å². The minimum Gasteiger partial charge on any atom is -0.461 e. The van der Waals surface area contributed by atoms with Crippen LogP contribution in [0.1, 0.15) is 93.7 Å². The zero-order valence-corrected chi connectivity index (χ0v) is 31.9. The van der Waals surface area contributed by atoms with Crippen molar-refractivity contribution in [1.29, 1.82) is 0 Å². The van der Waals surface area contributed by atoms with E-state index in [9.17, 15) is 14.4 Å². The minimum atomic E-state index is -0.280. The number of carbonyl (C=O) groups is 3. The van der Waals surface area contributed by atoms with Gasteiger partial charge in [0, 0.05) is 19.3 Å². The Morgan fingerprint density at radius 1 is 0.408 bits per heavy atom. The Bertz CT molecular complexity index is 1140. The van der Waals surface area contributed by atoms with E-state index in [2.05, 4.69) is 34.1 Å². The quantitative estimate of drug-likeness (QED) is 0.0328. The molecule has 3 aromatic carbocycles. The molecule has 0 aliphatic carbocycles. The second-order valence-corrected chi connectivity index (χ2v) is 21.7. The topological polar surface area (TPSA) is 78.9 Å². The maximum atomic E-state index is 12.1. The van der Waals surface area contributed by atoms with Gasteiger partial charge in [-0.1, -0.05) is 110 Å². The molecule has 3 rings (SSSR count). The molecule has 0 saturated heterocycles. The summed E-state index contributed by atoms with van der Waals surface area (Å²) in [4.78, 5) is 36.4. The van der Waals surface area contributed by atoms with E-state index in [0.29, 0.717) is 39.1 Å². The highest BCUT2D eigenvalue weighted by Crippen LogP contribution is 2.70. The van der Waals surface area contributed by atoms with E-state index in [4.69, 9.17) is 14.2 Å². The molecule has 0 radical (unpaired) electrons. The normalized spacial score (nSPS) is 11.0. The summed E-state index contributed by atoms with van der Waals surface area (Å²) in [7, 11) is 0. The third-order valence-corrected chi connectivity index (χ3v) is 18.7. The van der Waals surface area contributed by atoms with Gasteiger partial charge in [-0.25, -0.2) is 0 Å². The molecule has 0 spiro atoms. The number of ether oxygens (including phenoxy) is 3. The maximum absolute atomic E-state index is 12.1. The van der Waals surface area contributed by atoms with E-state index in [1.54, 1.807) is 0 Å². The molecule has 0 aliphatic heterocycles. The number of hydrogen-bond acceptors (Lipinski definition) is 9. The highest BCUT2D eigenvalue weighted by Gasteiger charge is 2.12. The summed E-state index contributed by atoms with van der Waals surface area (Å²) >= 11 is 6.18. The molecule has 0 fully saturated rings. The molecule has 0 saturated carbocycles. The van der Waals surface area contributed by atoms with Crippen molar-refractivity contribution in [2.75, 3.05) is 17.3 Å². The predicted molar refractivity (Wildman–Crippen MR) is 208 cm³/mol. The Kier molecular flexibility index (Phi) is 22.8. The van der Waals surface area contributed by atoms with Crippen molar-refractivity contribution >= 4 is 57.6 Å². The van der Waals surface area contributed by atoms with Crippen molar-refractivity contribution in [1.82, 2.24) is 0 Å². The van der Waals surface area contributed by atoms with Crippen LogP contribution >= 0.6 is 39.7 Å². The zero-order valence-electron chi connectivity index (χ0n) is 28.5. The van der Waals surface area contributed by atoms with Crippen LogP contribution in [0.3, 0.4) is 0 Å². The fourth-order valence-electron chi connectivity index (χ4n) is 4.60. The molecule has 0 N–H and O–H groups in total. The molecule has 3 aromatic rings. The van der Waals surface area contributed by atoms with Gasteiger partial charge in [-0.3, -0.25) is 14.4 Å². The number of benzene rings is 3. The molecular formula is C39H51O6PS3. The van der Waals surface area contributed by atoms with Crippen molar-refractivity contribution < 1.29 is 28.6 Å². The maximum Gasteiger partial charge on any atom is 0.306 e. The second kappa shape index (κ2) is 27.3. The monoisotopic (exact) mass is 742 g/mol. The lowest BCUT2D eigenvalue weighted by atomic mass is 10.2. The van der Waals surface area contributed by atoms with Crippen LogP contribution < -0.4 is 0 Å².